The molecular formula is C11H20N2S. The van der Waals surface area contributed by atoms with Crippen molar-refractivity contribution in [2.45, 2.75) is 33.1 Å². The molecule has 0 amide bonds. The molecule has 0 aromatic carbocycles. The molecule has 0 bridgehead atoms. The second-order valence-corrected chi connectivity index (χ2v) is 4.87. The highest BCUT2D eigenvalue weighted by Gasteiger charge is 2.17. The van der Waals surface area contributed by atoms with Crippen LogP contribution in [0.4, 0.5) is 0 Å². The molecule has 1 heterocycles. The largest absolute Gasteiger partial charge is 0.319 e. The lowest BCUT2D eigenvalue weighted by atomic mass is 9.93. The molecule has 0 spiro atoms. The minimum Gasteiger partial charge on any atom is -0.319 e. The highest BCUT2D eigenvalue weighted by molar-refractivity contribution is 7.09. The molecule has 0 saturated heterocycles. The number of thiazole rings is 1. The van der Waals surface area contributed by atoms with Gasteiger partial charge in [0.1, 0.15) is 0 Å². The second-order valence-electron chi connectivity index (χ2n) is 3.93. The van der Waals surface area contributed by atoms with Crippen LogP contribution in [-0.2, 0) is 6.42 Å². The Morgan fingerprint density at radius 3 is 2.64 bits per heavy atom. The molecule has 80 valence electrons. The topological polar surface area (TPSA) is 24.9 Å². The molecule has 1 N–H and O–H groups in total. The molecule has 0 aliphatic heterocycles. The van der Waals surface area contributed by atoms with Crippen molar-refractivity contribution in [3.8, 4) is 0 Å². The molecular weight excluding hydrogens is 192 g/mol. The van der Waals surface area contributed by atoms with Gasteiger partial charge >= 0.3 is 0 Å². The first-order valence-corrected chi connectivity index (χ1v) is 6.15. The molecule has 3 heteroatoms. The van der Waals surface area contributed by atoms with Crippen LogP contribution in [0.25, 0.3) is 0 Å². The van der Waals surface area contributed by atoms with Crippen molar-refractivity contribution in [1.82, 2.24) is 10.3 Å². The number of rotatable bonds is 5. The van der Waals surface area contributed by atoms with E-state index in [1.807, 2.05) is 7.05 Å². The smallest absolute Gasteiger partial charge is 0.0925 e. The van der Waals surface area contributed by atoms with Gasteiger partial charge in [0.15, 0.2) is 0 Å². The Morgan fingerprint density at radius 2 is 2.21 bits per heavy atom. The molecule has 2 nitrogen and oxygen atoms in total. The van der Waals surface area contributed by atoms with Gasteiger partial charge in [-0.2, -0.15) is 0 Å². The second kappa shape index (κ2) is 5.47. The first-order valence-electron chi connectivity index (χ1n) is 5.27. The summed E-state index contributed by atoms with van der Waals surface area (Å²) in [6, 6.07) is 0. The van der Waals surface area contributed by atoms with E-state index in [1.54, 1.807) is 11.3 Å². The molecule has 0 saturated carbocycles. The van der Waals surface area contributed by atoms with Crippen molar-refractivity contribution in [3.63, 3.8) is 0 Å². The fourth-order valence-corrected chi connectivity index (χ4v) is 2.37. The van der Waals surface area contributed by atoms with Crippen LogP contribution in [0.3, 0.4) is 0 Å². The van der Waals surface area contributed by atoms with Gasteiger partial charge in [-0.15, -0.1) is 11.3 Å². The molecule has 0 aliphatic carbocycles. The van der Waals surface area contributed by atoms with Crippen molar-refractivity contribution in [3.05, 3.63) is 16.1 Å². The number of aryl methyl sites for hydroxylation is 1. The van der Waals surface area contributed by atoms with E-state index in [0.717, 1.165) is 13.0 Å². The normalized spacial score (nSPS) is 13.5. The van der Waals surface area contributed by atoms with Gasteiger partial charge in [-0.25, -0.2) is 4.98 Å². The summed E-state index contributed by atoms with van der Waals surface area (Å²) in [5.74, 6) is 1.20. The average Bonchev–Trinajstić information content (AvgIpc) is 2.61. The van der Waals surface area contributed by atoms with Crippen molar-refractivity contribution in [2.75, 3.05) is 13.6 Å². The number of hydrogen-bond acceptors (Lipinski definition) is 3. The van der Waals surface area contributed by atoms with Crippen molar-refractivity contribution in [2.24, 2.45) is 5.92 Å². The first-order chi connectivity index (χ1) is 6.69. The van der Waals surface area contributed by atoms with E-state index >= 15 is 0 Å². The maximum Gasteiger partial charge on any atom is 0.0925 e. The van der Waals surface area contributed by atoms with Crippen LogP contribution in [0.2, 0.25) is 0 Å². The van der Waals surface area contributed by atoms with E-state index in [0.29, 0.717) is 11.8 Å². The molecule has 0 aliphatic rings. The molecule has 1 unspecified atom stereocenters. The third kappa shape index (κ3) is 2.79. The van der Waals surface area contributed by atoms with Crippen molar-refractivity contribution >= 4 is 11.3 Å². The molecule has 1 rings (SSSR count). The SMILES string of the molecule is CCc1nc(C(CNC)C(C)C)cs1. The summed E-state index contributed by atoms with van der Waals surface area (Å²) in [5.41, 5.74) is 1.26. The zero-order chi connectivity index (χ0) is 10.6. The van der Waals surface area contributed by atoms with E-state index in [4.69, 9.17) is 0 Å². The maximum atomic E-state index is 4.65. The van der Waals surface area contributed by atoms with E-state index in [9.17, 15) is 0 Å². The van der Waals surface area contributed by atoms with Gasteiger partial charge in [-0.1, -0.05) is 20.8 Å². The minimum atomic E-state index is 0.552. The number of aromatic nitrogens is 1. The fraction of sp³-hybridized carbons (Fsp3) is 0.727. The lowest BCUT2D eigenvalue weighted by Gasteiger charge is -2.18. The maximum absolute atomic E-state index is 4.65. The fourth-order valence-electron chi connectivity index (χ4n) is 1.56. The summed E-state index contributed by atoms with van der Waals surface area (Å²) in [6.07, 6.45) is 1.05. The third-order valence-corrected chi connectivity index (χ3v) is 3.49. The van der Waals surface area contributed by atoms with Crippen LogP contribution in [0, 0.1) is 5.92 Å². The third-order valence-electron chi connectivity index (χ3n) is 2.48. The molecule has 1 atom stereocenters. The van der Waals surface area contributed by atoms with Gasteiger partial charge in [0.25, 0.3) is 0 Å². The number of likely N-dealkylation sites (N-methyl/N-ethyl adjacent to an activating group) is 1. The van der Waals surface area contributed by atoms with E-state index in [-0.39, 0.29) is 0 Å². The Morgan fingerprint density at radius 1 is 1.50 bits per heavy atom. The summed E-state index contributed by atoms with van der Waals surface area (Å²) in [6.45, 7) is 7.69. The van der Waals surface area contributed by atoms with E-state index < -0.39 is 0 Å². The highest BCUT2D eigenvalue weighted by atomic mass is 32.1. The van der Waals surface area contributed by atoms with Crippen molar-refractivity contribution in [1.29, 1.82) is 0 Å². The van der Waals surface area contributed by atoms with Gasteiger partial charge in [-0.3, -0.25) is 0 Å². The summed E-state index contributed by atoms with van der Waals surface area (Å²) in [7, 11) is 2.00. The standard InChI is InChI=1S/C11H20N2S/c1-5-11-13-10(7-14-11)9(6-12-4)8(2)3/h7-9,12H,5-6H2,1-4H3. The zero-order valence-electron chi connectivity index (χ0n) is 9.50. The lowest BCUT2D eigenvalue weighted by Crippen LogP contribution is -2.21. The van der Waals surface area contributed by atoms with Crippen molar-refractivity contribution < 1.29 is 0 Å². The number of hydrogen-bond donors (Lipinski definition) is 1. The number of nitrogens with zero attached hydrogens (tertiary/aromatic N) is 1. The molecule has 0 fully saturated rings. The number of nitrogens with one attached hydrogen (secondary N) is 1. The monoisotopic (exact) mass is 212 g/mol. The quantitative estimate of drug-likeness (QED) is 0.811. The first kappa shape index (κ1) is 11.7. The van der Waals surface area contributed by atoms with Crippen LogP contribution in [-0.4, -0.2) is 18.6 Å². The van der Waals surface area contributed by atoms with Gasteiger partial charge in [0.05, 0.1) is 10.7 Å². The summed E-state index contributed by atoms with van der Waals surface area (Å²) in [4.78, 5) is 4.65. The molecule has 1 aromatic rings. The predicted octanol–water partition coefficient (Wildman–Crippen LogP) is 2.66. The highest BCUT2D eigenvalue weighted by Crippen LogP contribution is 2.25. The van der Waals surface area contributed by atoms with Crippen LogP contribution in [0.1, 0.15) is 37.4 Å². The van der Waals surface area contributed by atoms with Crippen LogP contribution < -0.4 is 5.32 Å². The van der Waals surface area contributed by atoms with Gasteiger partial charge in [-0.05, 0) is 19.4 Å². The van der Waals surface area contributed by atoms with Crippen LogP contribution in [0.15, 0.2) is 5.38 Å². The summed E-state index contributed by atoms with van der Waals surface area (Å²) >= 11 is 1.78. The molecule has 14 heavy (non-hydrogen) atoms. The van der Waals surface area contributed by atoms with Crippen LogP contribution in [0.5, 0.6) is 0 Å². The summed E-state index contributed by atoms with van der Waals surface area (Å²) in [5, 5.41) is 6.70. The molecule has 1 aromatic heterocycles. The Labute approximate surface area is 90.8 Å². The van der Waals surface area contributed by atoms with Gasteiger partial charge < -0.3 is 5.32 Å². The summed E-state index contributed by atoms with van der Waals surface area (Å²) < 4.78 is 0. The zero-order valence-corrected chi connectivity index (χ0v) is 10.3. The molecule has 0 radical (unpaired) electrons. The Kier molecular flexibility index (Phi) is 4.55. The Bertz CT molecular complexity index is 268. The Balaban J connectivity index is 2.76. The van der Waals surface area contributed by atoms with E-state index in [1.165, 1.54) is 10.7 Å². The van der Waals surface area contributed by atoms with E-state index in [2.05, 4.69) is 36.5 Å². The van der Waals surface area contributed by atoms with Gasteiger partial charge in [0.2, 0.25) is 0 Å². The lowest BCUT2D eigenvalue weighted by molar-refractivity contribution is 0.470. The van der Waals surface area contributed by atoms with Crippen LogP contribution >= 0.6 is 11.3 Å². The average molecular weight is 212 g/mol. The predicted molar refractivity (Wildman–Crippen MR) is 63.0 cm³/mol. The van der Waals surface area contributed by atoms with Gasteiger partial charge in [0, 0.05) is 17.8 Å². The minimum absolute atomic E-state index is 0.552. The Hall–Kier alpha value is -0.410.